The van der Waals surface area contributed by atoms with Crippen LogP contribution in [0.5, 0.6) is 17.2 Å². The van der Waals surface area contributed by atoms with Gasteiger partial charge in [0.2, 0.25) is 5.43 Å². The van der Waals surface area contributed by atoms with E-state index in [1.165, 1.54) is 218 Å². The average Bonchev–Trinajstić information content (AvgIpc) is 1.33. The molecule has 15 heteroatoms. The second-order valence-corrected chi connectivity index (χ2v) is 52.1. The predicted molar refractivity (Wildman–Crippen MR) is 614 cm³/mol. The smallest absolute Gasteiger partial charge is 0.416 e. The van der Waals surface area contributed by atoms with Crippen LogP contribution < -0.4 is 14.9 Å². The van der Waals surface area contributed by atoms with Crippen LogP contribution in [-0.2, 0) is 26.9 Å². The standard InChI is InChI=1S/C33H35O3S.C32H35OS.C26H29OS.C20H12F3OS.C20H16OS/c1-20-12-26(37-29-10-6-4-8-27(29)28-9-5-7-11-30(28)37)13-21(2)32(20)35-19-31(34)36-33(3)24-15-22-14-23(17-24)18-25(33)16-22;1-20-13-26(34-30-9-5-3-7-28(30)29-8-4-6-10-31(29)34)14-21(2)27(20)11-12-33-32-24-16-22-15-23(18-24)19-25(32)17-22;1-4-5-6-11-16-27-26-19(2)17-21(18-20(26)3)28-24-14-9-7-12-22(24)23-13-8-10-15-25(23)28;21-20(22,23)13-10-11-18-16(12-13)19(24)15-8-4-5-9-17(15)25(18)14-6-2-1-3-7-14;1-13-11-15(12-14(2)20(13)21)22-18-9-5-3-7-16(18)17-8-4-6-10-19(17)22/h4-13,22-25H,14-19H2,1-3H3;3-10,13-14,22-25,32H,11-12,15-19H2,1-2H3;7-10,12-15,17-18H,4-6,11,16H2,1-3H3;1-12H;3-12H,1-2H3/q4*+1;/p+1. The molecule has 8 aliphatic carbocycles. The van der Waals surface area contributed by atoms with Crippen LogP contribution in [0.25, 0.3) is 125 Å². The van der Waals surface area contributed by atoms with E-state index in [1.807, 2.05) is 56.3 Å². The molecule has 0 radical (unpaired) electrons. The lowest BCUT2D eigenvalue weighted by Gasteiger charge is -2.59. The molecule has 740 valence electrons. The van der Waals surface area contributed by atoms with Crippen LogP contribution in [0.4, 0.5) is 13.2 Å². The monoisotopic (exact) mass is 2030 g/mol. The van der Waals surface area contributed by atoms with E-state index in [0.717, 1.165) is 117 Å². The lowest BCUT2D eigenvalue weighted by atomic mass is 9.50. The van der Waals surface area contributed by atoms with Crippen molar-refractivity contribution in [3.8, 4) is 41.7 Å². The summed E-state index contributed by atoms with van der Waals surface area (Å²) in [5.74, 6) is 8.56. The van der Waals surface area contributed by atoms with Crippen LogP contribution in [-0.4, -0.2) is 42.6 Å². The van der Waals surface area contributed by atoms with Gasteiger partial charge in [0.05, 0.1) is 35.7 Å². The largest absolute Gasteiger partial charge is 0.507 e. The Balaban J connectivity index is 0.000000105. The highest BCUT2D eigenvalue weighted by Gasteiger charge is 2.57. The van der Waals surface area contributed by atoms with Crippen LogP contribution in [0.1, 0.15) is 159 Å². The minimum atomic E-state index is -4.47. The summed E-state index contributed by atoms with van der Waals surface area (Å²) in [6.45, 7) is 23.2. The summed E-state index contributed by atoms with van der Waals surface area (Å²) in [5.41, 5.74) is 9.43. The van der Waals surface area contributed by atoms with Crippen molar-refractivity contribution in [2.24, 2.45) is 47.3 Å². The number of phenols is 1. The molecule has 7 nitrogen and oxygen atoms in total. The van der Waals surface area contributed by atoms with Gasteiger partial charge in [0.1, 0.15) is 22.8 Å². The van der Waals surface area contributed by atoms with E-state index in [-0.39, 0.29) is 70.9 Å². The van der Waals surface area contributed by atoms with E-state index in [0.29, 0.717) is 33.8 Å². The second kappa shape index (κ2) is 41.4. The van der Waals surface area contributed by atoms with Gasteiger partial charge in [0.25, 0.3) is 0 Å². The molecule has 1 unspecified atom stereocenters. The van der Waals surface area contributed by atoms with Gasteiger partial charge in [0.15, 0.2) is 78.1 Å². The van der Waals surface area contributed by atoms with Crippen LogP contribution >= 0.6 is 52.3 Å². The third-order valence-corrected chi connectivity index (χ3v) is 44.1. The summed E-state index contributed by atoms with van der Waals surface area (Å²) >= 11 is 0. The van der Waals surface area contributed by atoms with Crippen molar-refractivity contribution in [2.45, 2.75) is 183 Å². The molecule has 28 rings (SSSR count). The third kappa shape index (κ3) is 18.9. The molecule has 20 aromatic rings. The van der Waals surface area contributed by atoms with E-state index in [1.54, 1.807) is 12.1 Å². The Kier molecular flexibility index (Phi) is 27.9. The summed E-state index contributed by atoms with van der Waals surface area (Å²) in [5, 5.41) is 21.6. The molecule has 5 heterocycles. The lowest BCUT2D eigenvalue weighted by molar-refractivity contribution is -0.204. The van der Waals surface area contributed by atoms with Crippen LogP contribution in [0.2, 0.25) is 0 Å². The number of ether oxygens (including phenoxy) is 4. The van der Waals surface area contributed by atoms with Gasteiger partial charge in [-0.3, -0.25) is 4.79 Å². The molecule has 0 aliphatic heterocycles. The zero-order valence-corrected chi connectivity index (χ0v) is 89.1. The minimum Gasteiger partial charge on any atom is -0.507 e. The first-order valence-corrected chi connectivity index (χ1v) is 58.6. The fraction of sp³-hybridized carbons (Fsp3) is 0.298. The number of esters is 1. The van der Waals surface area contributed by atoms with Crippen molar-refractivity contribution < 1.29 is 42.0 Å². The maximum absolute atomic E-state index is 13.1. The predicted octanol–water partition coefficient (Wildman–Crippen LogP) is 37.7. The highest BCUT2D eigenvalue weighted by molar-refractivity contribution is 7.52. The molecule has 1 N–H and O–H groups in total. The molecular formula is C131H128F3O7S5+5. The molecule has 5 aromatic heterocycles. The molecule has 146 heavy (non-hydrogen) atoms. The first-order chi connectivity index (χ1) is 70.9. The number of aromatic hydroxyl groups is 1. The van der Waals surface area contributed by atoms with E-state index in [2.05, 4.69) is 298 Å². The van der Waals surface area contributed by atoms with Gasteiger partial charge in [0, 0.05) is 144 Å². The van der Waals surface area contributed by atoms with E-state index < -0.39 is 22.2 Å². The Bertz CT molecular complexity index is 8080. The Morgan fingerprint density at radius 2 is 0.658 bits per heavy atom. The summed E-state index contributed by atoms with van der Waals surface area (Å²) in [4.78, 5) is 32.2. The maximum Gasteiger partial charge on any atom is 0.416 e. The number of carbonyl (C=O) groups excluding carboxylic acids is 1. The molecule has 8 bridgehead atoms. The summed E-state index contributed by atoms with van der Waals surface area (Å²) in [6.07, 6.45) is 15.6. The van der Waals surface area contributed by atoms with Crippen molar-refractivity contribution in [1.29, 1.82) is 0 Å². The molecule has 8 fully saturated rings. The van der Waals surface area contributed by atoms with E-state index in [9.17, 15) is 27.9 Å². The van der Waals surface area contributed by atoms with Crippen LogP contribution in [0.15, 0.2) is 320 Å². The third-order valence-electron chi connectivity index (χ3n) is 32.5. The highest BCUT2D eigenvalue weighted by Crippen LogP contribution is 2.62. The normalized spacial score (nSPS) is 19.7. The zero-order chi connectivity index (χ0) is 101. The average molecular weight is 2030 g/mol. The van der Waals surface area contributed by atoms with Gasteiger partial charge < -0.3 is 24.1 Å². The van der Waals surface area contributed by atoms with Gasteiger partial charge in [-0.25, -0.2) is 4.79 Å². The summed E-state index contributed by atoms with van der Waals surface area (Å²) in [6, 6.07) is 109. The number of halogens is 3. The number of phenolic OH excluding ortho intramolecular Hbond substituents is 1. The number of fused-ring (bicyclic) bond motifs is 14. The van der Waals surface area contributed by atoms with Gasteiger partial charge in [-0.15, -0.1) is 0 Å². The van der Waals surface area contributed by atoms with Gasteiger partial charge in [-0.05, 0) is 376 Å². The second-order valence-electron chi connectivity index (χ2n) is 42.2. The number of thiophene rings is 4. The first-order valence-electron chi connectivity index (χ1n) is 52.5. The molecule has 0 saturated heterocycles. The topological polar surface area (TPSA) is 91.3 Å². The summed E-state index contributed by atoms with van der Waals surface area (Å²) in [7, 11) is -0.872. The number of unbranched alkanes of at least 4 members (excludes halogenated alkanes) is 3. The Morgan fingerprint density at radius 3 is 1.03 bits per heavy atom. The Labute approximate surface area is 867 Å². The van der Waals surface area contributed by atoms with E-state index >= 15 is 0 Å². The van der Waals surface area contributed by atoms with Crippen LogP contribution in [0, 0.1) is 103 Å². The maximum atomic E-state index is 13.1. The molecular weight excluding hydrogens is 1900 g/mol. The quantitative estimate of drug-likeness (QED) is 0.0373. The molecule has 0 spiro atoms. The molecule has 15 aromatic carbocycles. The molecule has 8 aliphatic rings. The number of aryl methyl sites for hydroxylation is 8. The Hall–Kier alpha value is -12.3. The number of benzene rings is 15. The van der Waals surface area contributed by atoms with Crippen molar-refractivity contribution >= 4 is 159 Å². The first kappa shape index (κ1) is 98.4. The summed E-state index contributed by atoms with van der Waals surface area (Å²) < 4.78 is 77.3. The van der Waals surface area contributed by atoms with Gasteiger partial charge in [-0.2, -0.15) is 13.2 Å². The fourth-order valence-corrected chi connectivity index (χ4v) is 38.8. The Morgan fingerprint density at radius 1 is 0.342 bits per heavy atom. The molecule has 0 amide bonds. The highest BCUT2D eigenvalue weighted by atomic mass is 32.2. The minimum absolute atomic E-state index is 0.0127. The van der Waals surface area contributed by atoms with Crippen LogP contribution in [0.3, 0.4) is 0 Å². The zero-order valence-electron chi connectivity index (χ0n) is 85.0. The van der Waals surface area contributed by atoms with E-state index in [4.69, 9.17) is 18.9 Å². The number of hydrogen-bond donors (Lipinski definition) is 1. The van der Waals surface area contributed by atoms with Crippen molar-refractivity contribution in [2.75, 3.05) is 19.8 Å². The van der Waals surface area contributed by atoms with Gasteiger partial charge in [-0.1, -0.05) is 154 Å². The number of rotatable bonds is 19. The number of alkyl halides is 3. The number of hydrogen-bond acceptors (Lipinski definition) is 7. The molecule has 1 atom stereocenters. The number of carbonyl (C=O) groups is 1. The van der Waals surface area contributed by atoms with Gasteiger partial charge >= 0.3 is 12.1 Å². The fourth-order valence-electron chi connectivity index (χ4n) is 26.2. The SMILES string of the molecule is CCCCCCOc1c(C)cc(-[s+]2c3ccccc3c3ccccc32)cc1C.Cc1cc(-[s+]2c3ccccc3c3ccccc32)cc(C)c1CCOC1C2CC3CC(C2)CC1C3.Cc1cc(-[s+]2c3ccccc3c3ccccc32)cc(C)c1O.Cc1cc(-[s+]2c3ccccc3c3ccccc32)cc(C)c1OCC(=O)OC1(C)C2CC3CC(C2)CC1C3.O=c1c2ccccc2[s+](-c2ccccc2)c2ccc(C(F)(F)F)cc12. The van der Waals surface area contributed by atoms with Crippen molar-refractivity contribution in [3.05, 3.63) is 381 Å². The lowest BCUT2D eigenvalue weighted by Crippen LogP contribution is -2.58. The van der Waals surface area contributed by atoms with Crippen molar-refractivity contribution in [3.63, 3.8) is 0 Å². The molecule has 8 saturated carbocycles. The van der Waals surface area contributed by atoms with Crippen molar-refractivity contribution in [1.82, 2.24) is 0 Å².